The van der Waals surface area contributed by atoms with Gasteiger partial charge in [-0.25, -0.2) is 8.42 Å². The van der Waals surface area contributed by atoms with E-state index in [0.29, 0.717) is 5.56 Å². The normalized spacial score (nSPS) is 22.5. The van der Waals surface area contributed by atoms with Gasteiger partial charge in [-0.1, -0.05) is 42.8 Å². The van der Waals surface area contributed by atoms with Crippen molar-refractivity contribution in [2.75, 3.05) is 6.54 Å². The zero-order valence-corrected chi connectivity index (χ0v) is 19.6. The van der Waals surface area contributed by atoms with Crippen LogP contribution in [0.25, 0.3) is 0 Å². The van der Waals surface area contributed by atoms with E-state index in [2.05, 4.69) is 18.7 Å². The number of carbonyl (C=O) groups is 1. The Morgan fingerprint density at radius 2 is 1.73 bits per heavy atom. The zero-order valence-electron chi connectivity index (χ0n) is 18.8. The summed E-state index contributed by atoms with van der Waals surface area (Å²) in [4.78, 5) is 11.4. The molecule has 0 aromatic heterocycles. The molecule has 0 bridgehead atoms. The molecule has 0 aliphatic carbocycles. The van der Waals surface area contributed by atoms with Crippen LogP contribution in [0.3, 0.4) is 0 Å². The van der Waals surface area contributed by atoms with Gasteiger partial charge >= 0.3 is 5.97 Å². The molecule has 7 nitrogen and oxygen atoms in total. The molecule has 170 valence electrons. The predicted octanol–water partition coefficient (Wildman–Crippen LogP) is 4.28. The third-order valence-corrected chi connectivity index (χ3v) is 8.22. The fourth-order valence-corrected chi connectivity index (χ4v) is 5.91. The molecule has 8 heteroatoms. The van der Waals surface area contributed by atoms with Crippen molar-refractivity contribution in [3.05, 3.63) is 72.3 Å². The van der Waals surface area contributed by atoms with Crippen LogP contribution in [-0.4, -0.2) is 25.2 Å². The lowest BCUT2D eigenvalue weighted by molar-refractivity contribution is -0.131. The maximum absolute atomic E-state index is 13.7. The summed E-state index contributed by atoms with van der Waals surface area (Å²) in [6, 6.07) is 15.8. The minimum Gasteiger partial charge on any atom is -0.427 e. The molecule has 2 aromatic rings. The molecule has 0 radical (unpaired) electrons. The van der Waals surface area contributed by atoms with E-state index in [4.69, 9.17) is 4.74 Å². The monoisotopic (exact) mass is 463 g/mol. The second-order valence-electron chi connectivity index (χ2n) is 8.40. The number of nitriles is 2. The molecule has 3 rings (SSSR count). The highest BCUT2D eigenvalue weighted by Crippen LogP contribution is 2.57. The van der Waals surface area contributed by atoms with Gasteiger partial charge in [0.05, 0.1) is 23.1 Å². The van der Waals surface area contributed by atoms with E-state index in [1.54, 1.807) is 37.3 Å². The van der Waals surface area contributed by atoms with Crippen molar-refractivity contribution < 1.29 is 17.9 Å². The average Bonchev–Trinajstić information content (AvgIpc) is 2.79. The molecule has 2 aromatic carbocycles. The Labute approximate surface area is 194 Å². The Kier molecular flexibility index (Phi) is 6.46. The first-order chi connectivity index (χ1) is 15.5. The number of hydrogen-bond donors (Lipinski definition) is 0. The molecule has 2 atom stereocenters. The van der Waals surface area contributed by atoms with E-state index in [1.807, 2.05) is 6.92 Å². The van der Waals surface area contributed by atoms with Gasteiger partial charge < -0.3 is 4.74 Å². The van der Waals surface area contributed by atoms with Crippen molar-refractivity contribution in [2.24, 2.45) is 10.8 Å². The van der Waals surface area contributed by atoms with Crippen molar-refractivity contribution in [1.29, 1.82) is 10.5 Å². The van der Waals surface area contributed by atoms with Crippen LogP contribution in [0.5, 0.6) is 5.75 Å². The number of esters is 1. The first-order valence-corrected chi connectivity index (χ1v) is 11.8. The average molecular weight is 464 g/mol. The highest BCUT2D eigenvalue weighted by molar-refractivity contribution is 7.89. The van der Waals surface area contributed by atoms with E-state index in [0.717, 1.165) is 5.56 Å². The highest BCUT2D eigenvalue weighted by Gasteiger charge is 2.60. The summed E-state index contributed by atoms with van der Waals surface area (Å²) in [5.74, 6) is -0.215. The quantitative estimate of drug-likeness (QED) is 0.372. The first-order valence-electron chi connectivity index (χ1n) is 10.4. The van der Waals surface area contributed by atoms with Crippen molar-refractivity contribution >= 4 is 16.0 Å². The Morgan fingerprint density at radius 1 is 1.15 bits per heavy atom. The van der Waals surface area contributed by atoms with Crippen LogP contribution in [0.4, 0.5) is 0 Å². The molecule has 0 amide bonds. The van der Waals surface area contributed by atoms with Gasteiger partial charge in [0.2, 0.25) is 10.0 Å². The Balaban J connectivity index is 2.24. The van der Waals surface area contributed by atoms with Crippen molar-refractivity contribution in [1.82, 2.24) is 4.31 Å². The zero-order chi connectivity index (χ0) is 24.4. The fraction of sp³-hybridized carbons (Fsp3) is 0.320. The lowest BCUT2D eigenvalue weighted by atomic mass is 9.57. The van der Waals surface area contributed by atoms with E-state index >= 15 is 0 Å². The number of hydrogen-bond acceptors (Lipinski definition) is 6. The number of allylic oxidation sites excluding steroid dienone is 1. The number of benzene rings is 2. The number of carbonyl (C=O) groups excluding carboxylic acids is 1. The van der Waals surface area contributed by atoms with E-state index < -0.39 is 32.9 Å². The van der Waals surface area contributed by atoms with Gasteiger partial charge in [-0.3, -0.25) is 4.79 Å². The van der Waals surface area contributed by atoms with Crippen LogP contribution in [0.15, 0.2) is 66.1 Å². The second kappa shape index (κ2) is 8.82. The van der Waals surface area contributed by atoms with Crippen LogP contribution in [0, 0.1) is 40.4 Å². The summed E-state index contributed by atoms with van der Waals surface area (Å²) in [6.07, 6.45) is 1.82. The third kappa shape index (κ3) is 4.04. The van der Waals surface area contributed by atoms with Crippen molar-refractivity contribution in [2.45, 2.75) is 38.1 Å². The minimum atomic E-state index is -4.04. The molecule has 0 spiro atoms. The van der Waals surface area contributed by atoms with Gasteiger partial charge in [-0.05, 0) is 43.2 Å². The number of sulfonamides is 1. The molecule has 0 unspecified atom stereocenters. The van der Waals surface area contributed by atoms with Crippen molar-refractivity contribution in [3.8, 4) is 17.9 Å². The SMILES string of the molecule is C=C[C@]1(C)CCN(S(=O)(=O)c2ccc(C)cc2)[C@@H](c2ccc(OC(C)=O)cc2)C1(C#N)C#N. The summed E-state index contributed by atoms with van der Waals surface area (Å²) < 4.78 is 33.8. The number of ether oxygens (including phenoxy) is 1. The summed E-state index contributed by atoms with van der Waals surface area (Å²) in [7, 11) is -4.04. The largest absolute Gasteiger partial charge is 0.427 e. The maximum Gasteiger partial charge on any atom is 0.308 e. The van der Waals surface area contributed by atoms with Gasteiger partial charge in [-0.2, -0.15) is 14.8 Å². The summed E-state index contributed by atoms with van der Waals surface area (Å²) in [5.41, 5.74) is -1.35. The maximum atomic E-state index is 13.7. The number of aryl methyl sites for hydroxylation is 1. The Hall–Kier alpha value is -3.46. The van der Waals surface area contributed by atoms with Crippen LogP contribution < -0.4 is 4.74 Å². The smallest absolute Gasteiger partial charge is 0.308 e. The highest BCUT2D eigenvalue weighted by atomic mass is 32.2. The van der Waals surface area contributed by atoms with Gasteiger partial charge in [0.25, 0.3) is 0 Å². The Bertz CT molecular complexity index is 1240. The van der Waals surface area contributed by atoms with Crippen LogP contribution in [-0.2, 0) is 14.8 Å². The van der Waals surface area contributed by atoms with Gasteiger partial charge in [-0.15, -0.1) is 6.58 Å². The lowest BCUT2D eigenvalue weighted by Crippen LogP contribution is -2.55. The number of rotatable bonds is 5. The fourth-order valence-electron chi connectivity index (χ4n) is 4.27. The van der Waals surface area contributed by atoms with Crippen molar-refractivity contribution in [3.63, 3.8) is 0 Å². The predicted molar refractivity (Wildman–Crippen MR) is 122 cm³/mol. The van der Waals surface area contributed by atoms with Gasteiger partial charge in [0, 0.05) is 18.9 Å². The topological polar surface area (TPSA) is 111 Å². The molecule has 1 aliphatic rings. The molecule has 0 N–H and O–H groups in total. The lowest BCUT2D eigenvalue weighted by Gasteiger charge is -2.51. The number of piperidine rings is 1. The molecular formula is C25H25N3O4S. The van der Waals surface area contributed by atoms with Gasteiger partial charge in [0.1, 0.15) is 5.75 Å². The molecule has 33 heavy (non-hydrogen) atoms. The molecule has 1 aliphatic heterocycles. The van der Waals surface area contributed by atoms with Crippen LogP contribution in [0.1, 0.15) is 37.4 Å². The molecule has 1 heterocycles. The third-order valence-electron chi connectivity index (χ3n) is 6.34. The summed E-state index contributed by atoms with van der Waals surface area (Å²) in [6.45, 7) is 8.83. The van der Waals surface area contributed by atoms with E-state index in [9.17, 15) is 23.7 Å². The first kappa shape index (κ1) is 24.2. The summed E-state index contributed by atoms with van der Waals surface area (Å²) in [5, 5.41) is 20.6. The van der Waals surface area contributed by atoms with E-state index in [-0.39, 0.29) is 23.6 Å². The summed E-state index contributed by atoms with van der Waals surface area (Å²) >= 11 is 0. The molecule has 1 fully saturated rings. The van der Waals surface area contributed by atoms with Gasteiger partial charge in [0.15, 0.2) is 5.41 Å². The molecule has 0 saturated carbocycles. The second-order valence-corrected chi connectivity index (χ2v) is 10.3. The van der Waals surface area contributed by atoms with Crippen LogP contribution in [0.2, 0.25) is 0 Å². The standard InChI is InChI=1S/C25H25N3O4S/c1-5-24(4)14-15-28(33(30,31)22-12-6-18(2)7-13-22)23(25(24,16-26)17-27)20-8-10-21(11-9-20)32-19(3)29/h5-13,23H,1,14-15H2,2-4H3/t23-,24+/m0/s1. The molecular weight excluding hydrogens is 438 g/mol. The van der Waals surface area contributed by atoms with Crippen LogP contribution >= 0.6 is 0 Å². The number of nitrogens with zero attached hydrogens (tertiary/aromatic N) is 3. The molecule has 1 saturated heterocycles. The van der Waals surface area contributed by atoms with E-state index in [1.165, 1.54) is 35.5 Å². The minimum absolute atomic E-state index is 0.0848. The Morgan fingerprint density at radius 3 is 2.21 bits per heavy atom.